The van der Waals surface area contributed by atoms with Gasteiger partial charge in [-0.1, -0.05) is 0 Å². The normalized spacial score (nSPS) is 27.8. The quantitative estimate of drug-likeness (QED) is 0.431. The molecule has 2 aliphatic heterocycles. The molecule has 2 fully saturated rings. The summed E-state index contributed by atoms with van der Waals surface area (Å²) in [5.41, 5.74) is 0. The van der Waals surface area contributed by atoms with Crippen LogP contribution in [-0.2, 0) is 38.7 Å². The van der Waals surface area contributed by atoms with Crippen LogP contribution in [-0.4, -0.2) is 81.1 Å². The summed E-state index contributed by atoms with van der Waals surface area (Å²) < 4.78 is 0. The SMILES string of the molecule is CC(=O)N1CCC(O)[C@H]1C(=O)[O-].CC(=O)N1CCC(O)[C@H]1C(=O)[O-].[Zn+2]. The number of carboxylic acids is 2. The van der Waals surface area contributed by atoms with Gasteiger partial charge < -0.3 is 39.8 Å². The summed E-state index contributed by atoms with van der Waals surface area (Å²) in [7, 11) is 0. The second-order valence-electron chi connectivity index (χ2n) is 5.66. The van der Waals surface area contributed by atoms with Gasteiger partial charge in [-0.15, -0.1) is 0 Å². The van der Waals surface area contributed by atoms with Gasteiger partial charge >= 0.3 is 19.5 Å². The first-order valence-corrected chi connectivity index (χ1v) is 7.40. The van der Waals surface area contributed by atoms with Gasteiger partial charge in [0.2, 0.25) is 11.8 Å². The second kappa shape index (κ2) is 9.79. The van der Waals surface area contributed by atoms with E-state index in [1.807, 2.05) is 0 Å². The number of carboxylic acid groups (broad SMARTS) is 2. The minimum Gasteiger partial charge on any atom is -0.548 e. The monoisotopic (exact) mass is 408 g/mol. The molecular formula is C14H20N2O8Zn. The molecule has 25 heavy (non-hydrogen) atoms. The van der Waals surface area contributed by atoms with E-state index in [0.29, 0.717) is 12.8 Å². The smallest absolute Gasteiger partial charge is 0.548 e. The number of likely N-dealkylation sites (tertiary alicyclic amines) is 2. The third-order valence-electron chi connectivity index (χ3n) is 4.02. The predicted octanol–water partition coefficient (Wildman–Crippen LogP) is -4.57. The Morgan fingerprint density at radius 2 is 1.08 bits per heavy atom. The van der Waals surface area contributed by atoms with Crippen molar-refractivity contribution in [2.24, 2.45) is 0 Å². The molecule has 136 valence electrons. The van der Waals surface area contributed by atoms with Crippen molar-refractivity contribution in [2.45, 2.75) is 51.0 Å². The van der Waals surface area contributed by atoms with Gasteiger partial charge in [0, 0.05) is 26.9 Å². The molecule has 2 rings (SSSR count). The van der Waals surface area contributed by atoms with Crippen LogP contribution in [0.25, 0.3) is 0 Å². The van der Waals surface area contributed by atoms with Crippen molar-refractivity contribution in [3.63, 3.8) is 0 Å². The molecule has 0 saturated carbocycles. The zero-order chi connectivity index (χ0) is 18.6. The van der Waals surface area contributed by atoms with E-state index in [9.17, 15) is 29.4 Å². The minimum atomic E-state index is -1.39. The van der Waals surface area contributed by atoms with Gasteiger partial charge in [0.05, 0.1) is 36.2 Å². The topological polar surface area (TPSA) is 161 Å². The predicted molar refractivity (Wildman–Crippen MR) is 73.6 cm³/mol. The summed E-state index contributed by atoms with van der Waals surface area (Å²) in [5, 5.41) is 39.3. The molecule has 2 heterocycles. The number of nitrogens with zero attached hydrogens (tertiary/aromatic N) is 2. The first-order valence-electron chi connectivity index (χ1n) is 7.40. The summed E-state index contributed by atoms with van der Waals surface area (Å²) in [6.07, 6.45) is -1.37. The van der Waals surface area contributed by atoms with Gasteiger partial charge in [-0.25, -0.2) is 0 Å². The molecular weight excluding hydrogens is 390 g/mol. The molecule has 0 aromatic rings. The Bertz CT molecular complexity index is 483. The van der Waals surface area contributed by atoms with E-state index in [2.05, 4.69) is 0 Å². The number of carbonyl (C=O) groups excluding carboxylic acids is 4. The van der Waals surface area contributed by atoms with Crippen LogP contribution in [0.4, 0.5) is 0 Å². The first-order chi connectivity index (χ1) is 11.1. The summed E-state index contributed by atoms with van der Waals surface area (Å²) in [6.45, 7) is 3.12. The Morgan fingerprint density at radius 1 is 0.800 bits per heavy atom. The minimum absolute atomic E-state index is 0. The molecule has 0 aliphatic carbocycles. The van der Waals surface area contributed by atoms with Gasteiger partial charge in [0.15, 0.2) is 0 Å². The zero-order valence-corrected chi connectivity index (χ0v) is 17.1. The van der Waals surface area contributed by atoms with Gasteiger partial charge in [0.1, 0.15) is 0 Å². The van der Waals surface area contributed by atoms with Crippen LogP contribution >= 0.6 is 0 Å². The van der Waals surface area contributed by atoms with E-state index in [4.69, 9.17) is 10.2 Å². The van der Waals surface area contributed by atoms with Crippen LogP contribution in [0.3, 0.4) is 0 Å². The molecule has 10 nitrogen and oxygen atoms in total. The zero-order valence-electron chi connectivity index (χ0n) is 14.1. The number of hydrogen-bond acceptors (Lipinski definition) is 8. The molecule has 2 aliphatic rings. The number of carbonyl (C=O) groups is 4. The second-order valence-corrected chi connectivity index (χ2v) is 5.66. The molecule has 0 spiro atoms. The van der Waals surface area contributed by atoms with Crippen molar-refractivity contribution in [2.75, 3.05) is 13.1 Å². The third-order valence-corrected chi connectivity index (χ3v) is 4.02. The van der Waals surface area contributed by atoms with Crippen molar-refractivity contribution in [1.29, 1.82) is 0 Å². The van der Waals surface area contributed by atoms with Gasteiger partial charge in [-0.3, -0.25) is 9.59 Å². The van der Waals surface area contributed by atoms with E-state index in [1.54, 1.807) is 0 Å². The Kier molecular flexibility index (Phi) is 9.17. The number of amides is 2. The fourth-order valence-electron chi connectivity index (χ4n) is 2.83. The molecule has 0 aromatic heterocycles. The molecule has 4 atom stereocenters. The van der Waals surface area contributed by atoms with Crippen LogP contribution in [0.1, 0.15) is 26.7 Å². The molecule has 2 unspecified atom stereocenters. The average molecular weight is 410 g/mol. The maximum atomic E-state index is 10.8. The van der Waals surface area contributed by atoms with Crippen molar-refractivity contribution < 1.29 is 59.1 Å². The Balaban J connectivity index is 0.000000443. The van der Waals surface area contributed by atoms with E-state index in [1.165, 1.54) is 13.8 Å². The maximum Gasteiger partial charge on any atom is 2.00 e. The average Bonchev–Trinajstić information content (AvgIpc) is 3.02. The molecule has 2 saturated heterocycles. The summed E-state index contributed by atoms with van der Waals surface area (Å²) in [6, 6.07) is -2.33. The number of aliphatic hydroxyl groups excluding tert-OH is 2. The third kappa shape index (κ3) is 5.72. The number of rotatable bonds is 2. The largest absolute Gasteiger partial charge is 2.00 e. The Hall–Kier alpha value is -1.58. The molecule has 11 heteroatoms. The van der Waals surface area contributed by atoms with Gasteiger partial charge in [-0.2, -0.15) is 0 Å². The van der Waals surface area contributed by atoms with Crippen molar-refractivity contribution in [3.8, 4) is 0 Å². The van der Waals surface area contributed by atoms with Crippen LogP contribution in [0.5, 0.6) is 0 Å². The van der Waals surface area contributed by atoms with Crippen molar-refractivity contribution in [1.82, 2.24) is 9.80 Å². The van der Waals surface area contributed by atoms with Crippen LogP contribution in [0, 0.1) is 0 Å². The molecule has 0 aromatic carbocycles. The number of aliphatic carboxylic acids is 2. The van der Waals surface area contributed by atoms with E-state index < -0.39 is 36.2 Å². The molecule has 2 N–H and O–H groups in total. The molecule has 2 amide bonds. The van der Waals surface area contributed by atoms with E-state index in [0.717, 1.165) is 9.80 Å². The van der Waals surface area contributed by atoms with Gasteiger partial charge in [-0.05, 0) is 12.8 Å². The maximum absolute atomic E-state index is 10.8. The summed E-state index contributed by atoms with van der Waals surface area (Å²) >= 11 is 0. The summed E-state index contributed by atoms with van der Waals surface area (Å²) in [5.74, 6) is -3.48. The number of aliphatic hydroxyl groups is 2. The Morgan fingerprint density at radius 3 is 1.24 bits per heavy atom. The van der Waals surface area contributed by atoms with Crippen molar-refractivity contribution >= 4 is 23.8 Å². The van der Waals surface area contributed by atoms with E-state index in [-0.39, 0.29) is 44.4 Å². The number of hydrogen-bond donors (Lipinski definition) is 2. The molecule has 0 radical (unpaired) electrons. The van der Waals surface area contributed by atoms with Crippen molar-refractivity contribution in [3.05, 3.63) is 0 Å². The first kappa shape index (κ1) is 23.4. The fourth-order valence-corrected chi connectivity index (χ4v) is 2.83. The molecule has 0 bridgehead atoms. The van der Waals surface area contributed by atoms with Crippen LogP contribution < -0.4 is 10.2 Å². The van der Waals surface area contributed by atoms with Crippen LogP contribution in [0.15, 0.2) is 0 Å². The summed E-state index contributed by atoms with van der Waals surface area (Å²) in [4.78, 5) is 44.8. The standard InChI is InChI=1S/2C7H11NO4.Zn/c2*1-4(9)8-3-2-5(10)6(8)7(11)12;/h2*5-6,10H,2-3H2,1H3,(H,11,12);/q;;+2/p-2/t2*5?,6-;/m00./s1. The fraction of sp³-hybridized carbons (Fsp3) is 0.714. The van der Waals surface area contributed by atoms with Gasteiger partial charge in [0.25, 0.3) is 0 Å². The van der Waals surface area contributed by atoms with Crippen LogP contribution in [0.2, 0.25) is 0 Å². The van der Waals surface area contributed by atoms with E-state index >= 15 is 0 Å². The Labute approximate surface area is 157 Å².